The Morgan fingerprint density at radius 1 is 0.840 bits per heavy atom. The van der Waals surface area contributed by atoms with E-state index in [0.29, 0.717) is 17.8 Å². The lowest BCUT2D eigenvalue weighted by atomic mass is 9.95. The number of amides is 4. The van der Waals surface area contributed by atoms with E-state index in [1.54, 1.807) is 42.7 Å². The smallest absolute Gasteiger partial charge is 0.408 e. The van der Waals surface area contributed by atoms with Crippen LogP contribution in [0.5, 0.6) is 0 Å². The van der Waals surface area contributed by atoms with Crippen LogP contribution in [0.4, 0.5) is 4.79 Å². The van der Waals surface area contributed by atoms with Gasteiger partial charge in [0.1, 0.15) is 18.7 Å². The Morgan fingerprint density at radius 2 is 1.52 bits per heavy atom. The number of pyridine rings is 1. The average molecular weight is 694 g/mol. The van der Waals surface area contributed by atoms with Gasteiger partial charge in [0.25, 0.3) is 0 Å². The third-order valence-electron chi connectivity index (χ3n) is 8.35. The van der Waals surface area contributed by atoms with Crippen molar-refractivity contribution in [3.05, 3.63) is 84.2 Å². The number of nitrogens with zero attached hydrogens (tertiary/aromatic N) is 2. The summed E-state index contributed by atoms with van der Waals surface area (Å²) in [5.74, 6) is -1.66. The number of H-pyrrole nitrogens is 1. The standard InChI is InChI=1S/C36H51N7O7/c1-5-24(4)31(20-44)40-33(46)18-32(45)28(15-23(2)3)41-34(47)29(17-27-19-37-22-39-27)42-35(48)30(16-26-13-9-10-14-38-26)43-36(49)50-21-25-11-7-6-8-12-25/h6-14,19,22-24,28-32,44-45H,5,15-18,20-21H2,1-4H3,(H,37,39)(H,40,46)(H,41,47)(H,42,48)(H,43,49)/t24-,28-,29-,30-,31+,32-/m0/s1. The molecule has 0 saturated carbocycles. The molecule has 2 aromatic heterocycles. The Kier molecular flexibility index (Phi) is 16.4. The molecule has 0 aliphatic heterocycles. The van der Waals surface area contributed by atoms with Crippen LogP contribution in [0.2, 0.25) is 0 Å². The number of rotatable bonds is 20. The van der Waals surface area contributed by atoms with Crippen LogP contribution >= 0.6 is 0 Å². The second-order valence-corrected chi connectivity index (χ2v) is 12.9. The lowest BCUT2D eigenvalue weighted by molar-refractivity contribution is -0.131. The molecule has 50 heavy (non-hydrogen) atoms. The highest BCUT2D eigenvalue weighted by Gasteiger charge is 2.32. The Balaban J connectivity index is 1.77. The Hall–Kier alpha value is -4.82. The van der Waals surface area contributed by atoms with Gasteiger partial charge in [0.2, 0.25) is 17.7 Å². The van der Waals surface area contributed by atoms with Gasteiger partial charge in [-0.05, 0) is 36.0 Å². The summed E-state index contributed by atoms with van der Waals surface area (Å²) in [5, 5.41) is 31.9. The zero-order valence-corrected chi connectivity index (χ0v) is 29.2. The normalized spacial score (nSPS) is 14.8. The van der Waals surface area contributed by atoms with Gasteiger partial charge in [0, 0.05) is 30.9 Å². The van der Waals surface area contributed by atoms with Gasteiger partial charge < -0.3 is 41.2 Å². The summed E-state index contributed by atoms with van der Waals surface area (Å²) >= 11 is 0. The second-order valence-electron chi connectivity index (χ2n) is 12.9. The third-order valence-corrected chi connectivity index (χ3v) is 8.35. The van der Waals surface area contributed by atoms with Gasteiger partial charge >= 0.3 is 6.09 Å². The minimum Gasteiger partial charge on any atom is -0.445 e. The van der Waals surface area contributed by atoms with Crippen molar-refractivity contribution in [3.63, 3.8) is 0 Å². The molecule has 4 amide bonds. The maximum atomic E-state index is 13.9. The first kappa shape index (κ1) is 39.6. The van der Waals surface area contributed by atoms with Crippen molar-refractivity contribution < 1.29 is 34.1 Å². The number of ether oxygens (including phenoxy) is 1. The molecular weight excluding hydrogens is 642 g/mol. The number of aromatic nitrogens is 3. The fourth-order valence-corrected chi connectivity index (χ4v) is 5.29. The van der Waals surface area contributed by atoms with Crippen LogP contribution in [0.15, 0.2) is 67.3 Å². The van der Waals surface area contributed by atoms with Gasteiger partial charge in [-0.2, -0.15) is 0 Å². The molecule has 14 heteroatoms. The van der Waals surface area contributed by atoms with E-state index in [4.69, 9.17) is 4.74 Å². The van der Waals surface area contributed by atoms with E-state index in [9.17, 15) is 29.4 Å². The first-order valence-electron chi connectivity index (χ1n) is 17.0. The van der Waals surface area contributed by atoms with E-state index in [1.807, 2.05) is 45.9 Å². The summed E-state index contributed by atoms with van der Waals surface area (Å²) in [5.41, 5.74) is 1.78. The molecule has 3 rings (SSSR count). The number of nitrogens with one attached hydrogen (secondary N) is 5. The summed E-state index contributed by atoms with van der Waals surface area (Å²) in [7, 11) is 0. The van der Waals surface area contributed by atoms with Gasteiger partial charge in [0.05, 0.1) is 43.2 Å². The monoisotopic (exact) mass is 693 g/mol. The fraction of sp³-hybridized carbons (Fsp3) is 0.500. The van der Waals surface area contributed by atoms with Crippen molar-refractivity contribution >= 4 is 23.8 Å². The number of hydrogen-bond donors (Lipinski definition) is 7. The number of carbonyl (C=O) groups excluding carboxylic acids is 4. The lowest BCUT2D eigenvalue weighted by Gasteiger charge is -2.29. The molecule has 1 aromatic carbocycles. The topological polar surface area (TPSA) is 208 Å². The molecule has 0 saturated heterocycles. The molecule has 0 radical (unpaired) electrons. The van der Waals surface area contributed by atoms with Crippen LogP contribution in [-0.2, 0) is 38.6 Å². The number of hydrogen-bond acceptors (Lipinski definition) is 9. The summed E-state index contributed by atoms with van der Waals surface area (Å²) in [6, 6.07) is 10.7. The molecule has 0 aliphatic carbocycles. The summed E-state index contributed by atoms with van der Waals surface area (Å²) in [4.78, 5) is 64.7. The quantitative estimate of drug-likeness (QED) is 0.0924. The fourth-order valence-electron chi connectivity index (χ4n) is 5.29. The Bertz CT molecular complexity index is 1460. The van der Waals surface area contributed by atoms with Gasteiger partial charge in [-0.25, -0.2) is 9.78 Å². The SMILES string of the molecule is CC[C@H](C)[C@@H](CO)NC(=O)C[C@H](O)[C@H](CC(C)C)NC(=O)[C@H](Cc1c[nH]cn1)NC(=O)[C@H](Cc1ccccn1)NC(=O)OCc1ccccc1. The number of aliphatic hydroxyl groups is 2. The molecule has 0 aliphatic rings. The van der Waals surface area contributed by atoms with E-state index in [1.165, 1.54) is 6.33 Å². The van der Waals surface area contributed by atoms with Crippen LogP contribution in [0.1, 0.15) is 63.9 Å². The Morgan fingerprint density at radius 3 is 2.14 bits per heavy atom. The molecule has 0 fully saturated rings. The first-order chi connectivity index (χ1) is 24.0. The highest BCUT2D eigenvalue weighted by Crippen LogP contribution is 2.14. The molecule has 6 atom stereocenters. The highest BCUT2D eigenvalue weighted by molar-refractivity contribution is 5.91. The van der Waals surface area contributed by atoms with E-state index in [2.05, 4.69) is 36.2 Å². The Labute approximate surface area is 293 Å². The molecule has 0 unspecified atom stereocenters. The van der Waals surface area contributed by atoms with Crippen molar-refractivity contribution in [3.8, 4) is 0 Å². The highest BCUT2D eigenvalue weighted by atomic mass is 16.5. The second kappa shape index (κ2) is 20.6. The number of benzene rings is 1. The maximum absolute atomic E-state index is 13.9. The van der Waals surface area contributed by atoms with Crippen molar-refractivity contribution in [2.75, 3.05) is 6.61 Å². The summed E-state index contributed by atoms with van der Waals surface area (Å²) in [6.45, 7) is 7.46. The molecule has 0 spiro atoms. The zero-order chi connectivity index (χ0) is 36.5. The van der Waals surface area contributed by atoms with Crippen LogP contribution in [0.3, 0.4) is 0 Å². The van der Waals surface area contributed by atoms with Gasteiger partial charge in [0.15, 0.2) is 0 Å². The van der Waals surface area contributed by atoms with Crippen molar-refractivity contribution in [1.82, 2.24) is 36.2 Å². The molecule has 272 valence electrons. The van der Waals surface area contributed by atoms with E-state index in [-0.39, 0.29) is 44.3 Å². The molecule has 14 nitrogen and oxygen atoms in total. The van der Waals surface area contributed by atoms with Crippen LogP contribution < -0.4 is 21.3 Å². The zero-order valence-electron chi connectivity index (χ0n) is 29.2. The van der Waals surface area contributed by atoms with Crippen molar-refractivity contribution in [2.24, 2.45) is 11.8 Å². The predicted octanol–water partition coefficient (Wildman–Crippen LogP) is 2.17. The molecule has 3 aromatic rings. The third kappa shape index (κ3) is 13.6. The molecule has 0 bridgehead atoms. The lowest BCUT2D eigenvalue weighted by Crippen LogP contribution is -2.57. The van der Waals surface area contributed by atoms with Gasteiger partial charge in [-0.15, -0.1) is 0 Å². The maximum Gasteiger partial charge on any atom is 0.408 e. The van der Waals surface area contributed by atoms with Crippen LogP contribution in [0.25, 0.3) is 0 Å². The van der Waals surface area contributed by atoms with Crippen molar-refractivity contribution in [1.29, 1.82) is 0 Å². The first-order valence-corrected chi connectivity index (χ1v) is 17.0. The number of imidazole rings is 1. The van der Waals surface area contributed by atoms with Crippen molar-refractivity contribution in [2.45, 2.75) is 96.7 Å². The van der Waals surface area contributed by atoms with Gasteiger partial charge in [-0.3, -0.25) is 19.4 Å². The predicted molar refractivity (Wildman–Crippen MR) is 186 cm³/mol. The number of aromatic amines is 1. The summed E-state index contributed by atoms with van der Waals surface area (Å²) in [6.07, 6.45) is 3.33. The van der Waals surface area contributed by atoms with E-state index in [0.717, 1.165) is 12.0 Å². The molecule has 7 N–H and O–H groups in total. The number of carbonyl (C=O) groups is 4. The number of aliphatic hydroxyl groups excluding tert-OH is 2. The minimum atomic E-state index is -1.25. The van der Waals surface area contributed by atoms with E-state index >= 15 is 0 Å². The summed E-state index contributed by atoms with van der Waals surface area (Å²) < 4.78 is 5.36. The van der Waals surface area contributed by atoms with E-state index < -0.39 is 54.1 Å². The number of alkyl carbamates (subject to hydrolysis) is 1. The van der Waals surface area contributed by atoms with Gasteiger partial charge in [-0.1, -0.05) is 70.5 Å². The van der Waals surface area contributed by atoms with Crippen LogP contribution in [-0.4, -0.2) is 85.9 Å². The average Bonchev–Trinajstić information content (AvgIpc) is 3.62. The molecular formula is C36H51N7O7. The largest absolute Gasteiger partial charge is 0.445 e. The minimum absolute atomic E-state index is 0.00605. The molecule has 2 heterocycles. The van der Waals surface area contributed by atoms with Crippen LogP contribution in [0, 0.1) is 11.8 Å².